The third-order valence-corrected chi connectivity index (χ3v) is 4.06. The molecule has 1 heterocycles. The lowest BCUT2D eigenvalue weighted by molar-refractivity contribution is 0.0254. The summed E-state index contributed by atoms with van der Waals surface area (Å²) in [5, 5.41) is 0. The Bertz CT molecular complexity index is 334. The number of nitrogens with two attached hydrogens (primary N) is 2. The zero-order valence-corrected chi connectivity index (χ0v) is 11.3. The van der Waals surface area contributed by atoms with Crippen molar-refractivity contribution in [3.8, 4) is 0 Å². The largest absolute Gasteiger partial charge is 0.402 e. The smallest absolute Gasteiger partial charge is 0.0594 e. The van der Waals surface area contributed by atoms with Crippen LogP contribution in [0.25, 0.3) is 0 Å². The molecule has 0 aromatic heterocycles. The van der Waals surface area contributed by atoms with Gasteiger partial charge in [-0.1, -0.05) is 25.5 Å². The molecule has 0 radical (unpaired) electrons. The highest BCUT2D eigenvalue weighted by atomic mass is 16.5. The summed E-state index contributed by atoms with van der Waals surface area (Å²) in [5.74, 6) is 0.444. The molecule has 0 spiro atoms. The summed E-state index contributed by atoms with van der Waals surface area (Å²) in [6.07, 6.45) is 7.92. The van der Waals surface area contributed by atoms with Gasteiger partial charge >= 0.3 is 0 Å². The fourth-order valence-corrected chi connectivity index (χ4v) is 2.88. The van der Waals surface area contributed by atoms with E-state index in [2.05, 4.69) is 17.9 Å². The summed E-state index contributed by atoms with van der Waals surface area (Å²) in [7, 11) is 0. The highest BCUT2D eigenvalue weighted by molar-refractivity contribution is 5.26. The van der Waals surface area contributed by atoms with Crippen LogP contribution in [0.4, 0.5) is 0 Å². The molecule has 2 aliphatic rings. The first-order chi connectivity index (χ1) is 8.64. The molecule has 2 atom stereocenters. The average molecular weight is 251 g/mol. The summed E-state index contributed by atoms with van der Waals surface area (Å²) in [6, 6.07) is 0. The number of ether oxygens (including phenoxy) is 1. The van der Waals surface area contributed by atoms with E-state index < -0.39 is 0 Å². The van der Waals surface area contributed by atoms with Crippen molar-refractivity contribution in [3.63, 3.8) is 0 Å². The van der Waals surface area contributed by atoms with Crippen LogP contribution in [0.5, 0.6) is 0 Å². The molecule has 0 saturated carbocycles. The molecule has 0 bridgehead atoms. The fourth-order valence-electron chi connectivity index (χ4n) is 2.88. The van der Waals surface area contributed by atoms with E-state index in [1.165, 1.54) is 0 Å². The van der Waals surface area contributed by atoms with Crippen molar-refractivity contribution in [2.45, 2.75) is 25.3 Å². The van der Waals surface area contributed by atoms with Gasteiger partial charge < -0.3 is 16.2 Å². The minimum atomic E-state index is -0.286. The van der Waals surface area contributed by atoms with Gasteiger partial charge in [-0.3, -0.25) is 4.90 Å². The van der Waals surface area contributed by atoms with Gasteiger partial charge in [0, 0.05) is 37.3 Å². The van der Waals surface area contributed by atoms with Gasteiger partial charge in [0.2, 0.25) is 0 Å². The zero-order valence-electron chi connectivity index (χ0n) is 11.3. The maximum atomic E-state index is 6.56. The molecule has 0 amide bonds. The van der Waals surface area contributed by atoms with Crippen LogP contribution in [0.3, 0.4) is 0 Å². The number of nitrogens with zero attached hydrogens (tertiary/aromatic N) is 1. The predicted molar refractivity (Wildman–Crippen MR) is 74.0 cm³/mol. The molecule has 1 aliphatic carbocycles. The maximum Gasteiger partial charge on any atom is 0.0594 e. The first kappa shape index (κ1) is 13.6. The fraction of sp³-hybridized carbons (Fsp3) is 0.714. The molecular formula is C14H25N3O. The van der Waals surface area contributed by atoms with E-state index in [0.29, 0.717) is 5.92 Å². The lowest BCUT2D eigenvalue weighted by Crippen LogP contribution is -2.52. The van der Waals surface area contributed by atoms with E-state index in [9.17, 15) is 0 Å². The number of hydrogen-bond donors (Lipinski definition) is 2. The van der Waals surface area contributed by atoms with Crippen LogP contribution in [-0.2, 0) is 4.74 Å². The maximum absolute atomic E-state index is 6.56. The SMILES string of the molecule is CCC(CN1CCOCC1)C1(N)C=CC=C(N)C1. The van der Waals surface area contributed by atoms with Gasteiger partial charge in [0.25, 0.3) is 0 Å². The number of hydrogen-bond acceptors (Lipinski definition) is 4. The molecule has 1 saturated heterocycles. The minimum absolute atomic E-state index is 0.286. The van der Waals surface area contributed by atoms with Crippen LogP contribution in [0.15, 0.2) is 23.9 Å². The van der Waals surface area contributed by atoms with E-state index in [4.69, 9.17) is 16.2 Å². The Morgan fingerprint density at radius 3 is 2.78 bits per heavy atom. The Morgan fingerprint density at radius 2 is 2.17 bits per heavy atom. The Hall–Kier alpha value is -0.840. The number of allylic oxidation sites excluding steroid dienone is 2. The summed E-state index contributed by atoms with van der Waals surface area (Å²) >= 11 is 0. The molecule has 0 aromatic carbocycles. The standard InChI is InChI=1S/C14H25N3O/c1-2-12(11-17-6-8-18-9-7-17)14(16)5-3-4-13(15)10-14/h3-5,12H,2,6-11,15-16H2,1H3. The van der Waals surface area contributed by atoms with Crippen LogP contribution < -0.4 is 11.5 Å². The molecule has 18 heavy (non-hydrogen) atoms. The van der Waals surface area contributed by atoms with Gasteiger partial charge in [-0.15, -0.1) is 0 Å². The van der Waals surface area contributed by atoms with Gasteiger partial charge in [-0.2, -0.15) is 0 Å². The predicted octanol–water partition coefficient (Wildman–Crippen LogP) is 0.845. The van der Waals surface area contributed by atoms with E-state index in [1.54, 1.807) is 0 Å². The van der Waals surface area contributed by atoms with E-state index in [1.807, 2.05) is 12.2 Å². The number of morpholine rings is 1. The Kier molecular flexibility index (Phi) is 4.43. The van der Waals surface area contributed by atoms with Crippen molar-refractivity contribution < 1.29 is 4.74 Å². The topological polar surface area (TPSA) is 64.5 Å². The number of rotatable bonds is 4. The normalized spacial score (nSPS) is 31.1. The molecule has 1 fully saturated rings. The lowest BCUT2D eigenvalue weighted by Gasteiger charge is -2.40. The third-order valence-electron chi connectivity index (χ3n) is 4.06. The van der Waals surface area contributed by atoms with Crippen molar-refractivity contribution >= 4 is 0 Å². The second-order valence-corrected chi connectivity index (χ2v) is 5.41. The molecule has 0 aromatic rings. The molecule has 2 rings (SSSR count). The minimum Gasteiger partial charge on any atom is -0.402 e. The van der Waals surface area contributed by atoms with Crippen LogP contribution in [0.1, 0.15) is 19.8 Å². The quantitative estimate of drug-likeness (QED) is 0.777. The highest BCUT2D eigenvalue weighted by Gasteiger charge is 2.34. The second kappa shape index (κ2) is 5.87. The summed E-state index contributed by atoms with van der Waals surface area (Å²) in [6.45, 7) is 6.96. The molecule has 1 aliphatic heterocycles. The molecule has 4 nitrogen and oxygen atoms in total. The van der Waals surface area contributed by atoms with E-state index in [-0.39, 0.29) is 5.54 Å². The van der Waals surface area contributed by atoms with Gasteiger partial charge in [0.15, 0.2) is 0 Å². The van der Waals surface area contributed by atoms with Crippen LogP contribution in [-0.4, -0.2) is 43.3 Å². The Balaban J connectivity index is 1.99. The van der Waals surface area contributed by atoms with Gasteiger partial charge in [-0.25, -0.2) is 0 Å². The summed E-state index contributed by atoms with van der Waals surface area (Å²) in [5.41, 5.74) is 13.1. The molecule has 102 valence electrons. The zero-order chi connectivity index (χ0) is 13.0. The van der Waals surface area contributed by atoms with Crippen molar-refractivity contribution in [1.82, 2.24) is 4.90 Å². The van der Waals surface area contributed by atoms with Crippen LogP contribution >= 0.6 is 0 Å². The average Bonchev–Trinajstić information content (AvgIpc) is 2.36. The summed E-state index contributed by atoms with van der Waals surface area (Å²) in [4.78, 5) is 2.45. The second-order valence-electron chi connectivity index (χ2n) is 5.41. The van der Waals surface area contributed by atoms with Gasteiger partial charge in [0.1, 0.15) is 0 Å². The summed E-state index contributed by atoms with van der Waals surface area (Å²) < 4.78 is 5.39. The molecular weight excluding hydrogens is 226 g/mol. The third kappa shape index (κ3) is 3.13. The van der Waals surface area contributed by atoms with Crippen molar-refractivity contribution in [3.05, 3.63) is 23.9 Å². The lowest BCUT2D eigenvalue weighted by atomic mass is 9.77. The first-order valence-electron chi connectivity index (χ1n) is 6.87. The Morgan fingerprint density at radius 1 is 1.44 bits per heavy atom. The van der Waals surface area contributed by atoms with Crippen LogP contribution in [0, 0.1) is 5.92 Å². The highest BCUT2D eigenvalue weighted by Crippen LogP contribution is 2.29. The van der Waals surface area contributed by atoms with Gasteiger partial charge in [0.05, 0.1) is 13.2 Å². The van der Waals surface area contributed by atoms with Gasteiger partial charge in [-0.05, 0) is 12.0 Å². The van der Waals surface area contributed by atoms with Crippen molar-refractivity contribution in [1.29, 1.82) is 0 Å². The van der Waals surface area contributed by atoms with Crippen LogP contribution in [0.2, 0.25) is 0 Å². The first-order valence-corrected chi connectivity index (χ1v) is 6.87. The Labute approximate surface area is 110 Å². The monoisotopic (exact) mass is 251 g/mol. The molecule has 4 N–H and O–H groups in total. The van der Waals surface area contributed by atoms with Crippen molar-refractivity contribution in [2.24, 2.45) is 17.4 Å². The molecule has 4 heteroatoms. The van der Waals surface area contributed by atoms with E-state index in [0.717, 1.165) is 51.4 Å². The van der Waals surface area contributed by atoms with Crippen molar-refractivity contribution in [2.75, 3.05) is 32.8 Å². The molecule has 2 unspecified atom stereocenters. The van der Waals surface area contributed by atoms with E-state index >= 15 is 0 Å².